The van der Waals surface area contributed by atoms with Crippen LogP contribution in [0.15, 0.2) is 115 Å². The normalized spacial score (nSPS) is 12.8. The molecule has 61 heavy (non-hydrogen) atoms. The van der Waals surface area contributed by atoms with Crippen LogP contribution in [-0.2, 0) is 14.4 Å². The highest BCUT2D eigenvalue weighted by atomic mass is 16.5. The van der Waals surface area contributed by atoms with E-state index in [0.717, 1.165) is 61.8 Å². The molecule has 0 heterocycles. The SMILES string of the molecule is C.COc1cc(C(C)C(=O)O)ccc1C.COc1cc([C@@H](C)C(=O)N[C@@H](CO)c2ccccc2)ccc1C.COc1cc([C@H](C)C(=O)N[C@@H](CO)c2ccccc2)ccc1C. The van der Waals surface area contributed by atoms with Crippen molar-refractivity contribution < 1.29 is 43.9 Å². The Morgan fingerprint density at radius 2 is 0.787 bits per heavy atom. The number of methoxy groups -OCH3 is 3. The molecule has 0 bridgehead atoms. The van der Waals surface area contributed by atoms with Crippen LogP contribution in [0.3, 0.4) is 0 Å². The first-order chi connectivity index (χ1) is 28.7. The fourth-order valence-corrected chi connectivity index (χ4v) is 6.20. The number of amides is 2. The molecule has 11 nitrogen and oxygen atoms in total. The first kappa shape index (κ1) is 51.0. The second-order valence-corrected chi connectivity index (χ2v) is 14.5. The number of benzene rings is 5. The molecule has 1 unspecified atom stereocenters. The monoisotopic (exact) mass is 836 g/mol. The van der Waals surface area contributed by atoms with Gasteiger partial charge in [0.15, 0.2) is 0 Å². The summed E-state index contributed by atoms with van der Waals surface area (Å²) in [5.74, 6) is 0.0333. The Balaban J connectivity index is 0.000000323. The van der Waals surface area contributed by atoms with E-state index < -0.39 is 24.0 Å². The van der Waals surface area contributed by atoms with Crippen molar-refractivity contribution in [1.29, 1.82) is 0 Å². The van der Waals surface area contributed by atoms with Gasteiger partial charge in [-0.3, -0.25) is 14.4 Å². The van der Waals surface area contributed by atoms with Gasteiger partial charge in [0.05, 0.1) is 64.4 Å². The van der Waals surface area contributed by atoms with E-state index >= 15 is 0 Å². The molecule has 0 aliphatic carbocycles. The summed E-state index contributed by atoms with van der Waals surface area (Å²) in [4.78, 5) is 35.8. The minimum absolute atomic E-state index is 0. The maximum absolute atomic E-state index is 12.5. The van der Waals surface area contributed by atoms with E-state index in [1.165, 1.54) is 0 Å². The number of aliphatic hydroxyl groups excluding tert-OH is 2. The molecule has 0 fully saturated rings. The molecule has 0 saturated carbocycles. The van der Waals surface area contributed by atoms with Gasteiger partial charge in [0.25, 0.3) is 0 Å². The summed E-state index contributed by atoms with van der Waals surface area (Å²) >= 11 is 0. The average molecular weight is 837 g/mol. The number of hydrogen-bond acceptors (Lipinski definition) is 8. The molecule has 0 saturated heterocycles. The van der Waals surface area contributed by atoms with E-state index in [4.69, 9.17) is 19.3 Å². The van der Waals surface area contributed by atoms with E-state index in [0.29, 0.717) is 0 Å². The molecular weight excluding hydrogens is 773 g/mol. The Labute approximate surface area is 361 Å². The predicted octanol–water partition coefficient (Wildman–Crippen LogP) is 8.74. The fourth-order valence-electron chi connectivity index (χ4n) is 6.20. The molecule has 5 rings (SSSR count). The summed E-state index contributed by atoms with van der Waals surface area (Å²) in [7, 11) is 4.82. The molecule has 5 N–H and O–H groups in total. The quantitative estimate of drug-likeness (QED) is 0.0694. The number of carboxylic acids is 1. The van der Waals surface area contributed by atoms with E-state index in [9.17, 15) is 24.6 Å². The minimum atomic E-state index is -0.823. The molecule has 5 aromatic carbocycles. The molecule has 0 radical (unpaired) electrons. The molecule has 5 aromatic rings. The van der Waals surface area contributed by atoms with Crippen molar-refractivity contribution in [3.8, 4) is 17.2 Å². The first-order valence-corrected chi connectivity index (χ1v) is 19.8. The van der Waals surface area contributed by atoms with Crippen molar-refractivity contribution in [2.45, 2.75) is 78.8 Å². The predicted molar refractivity (Wildman–Crippen MR) is 242 cm³/mol. The van der Waals surface area contributed by atoms with Crippen LogP contribution >= 0.6 is 0 Å². The second kappa shape index (κ2) is 25.5. The lowest BCUT2D eigenvalue weighted by atomic mass is 9.97. The standard InChI is InChI=1S/2C19H23NO3.C11H14O3.CH4/c2*1-13-9-10-16(11-18(13)23-3)14(2)19(22)20-17(12-21)15-7-5-4-6-8-15;1-7-4-5-9(6-10(7)14-3)8(2)11(12)13;/h2*4-11,14,17,21H,12H2,1-3H3,(H,20,22);4-6,8H,1-3H3,(H,12,13);1H4/t14-,17+;14-,17-;;/m10../s1. The van der Waals surface area contributed by atoms with Gasteiger partial charge in [-0.25, -0.2) is 0 Å². The highest BCUT2D eigenvalue weighted by molar-refractivity contribution is 5.84. The lowest BCUT2D eigenvalue weighted by Crippen LogP contribution is -2.33. The number of rotatable bonds is 15. The van der Waals surface area contributed by atoms with Gasteiger partial charge in [0, 0.05) is 0 Å². The van der Waals surface area contributed by atoms with Gasteiger partial charge in [-0.1, -0.05) is 104 Å². The number of aliphatic hydroxyl groups is 2. The lowest BCUT2D eigenvalue weighted by molar-refractivity contribution is -0.138. The van der Waals surface area contributed by atoms with Crippen molar-refractivity contribution in [1.82, 2.24) is 10.6 Å². The summed E-state index contributed by atoms with van der Waals surface area (Å²) in [6.45, 7) is 10.9. The number of aryl methyl sites for hydroxylation is 3. The zero-order chi connectivity index (χ0) is 44.4. The Morgan fingerprint density at radius 1 is 0.492 bits per heavy atom. The Morgan fingerprint density at radius 3 is 1.05 bits per heavy atom. The molecule has 5 atom stereocenters. The van der Waals surface area contributed by atoms with Crippen LogP contribution in [0.25, 0.3) is 0 Å². The number of carboxylic acid groups (broad SMARTS) is 1. The van der Waals surface area contributed by atoms with Crippen molar-refractivity contribution in [3.63, 3.8) is 0 Å². The van der Waals surface area contributed by atoms with Crippen LogP contribution < -0.4 is 24.8 Å². The maximum atomic E-state index is 12.5. The van der Waals surface area contributed by atoms with Gasteiger partial charge in [-0.2, -0.15) is 0 Å². The lowest BCUT2D eigenvalue weighted by Gasteiger charge is -2.20. The minimum Gasteiger partial charge on any atom is -0.496 e. The van der Waals surface area contributed by atoms with Crippen LogP contribution in [0.4, 0.5) is 0 Å². The van der Waals surface area contributed by atoms with Gasteiger partial charge in [-0.15, -0.1) is 0 Å². The van der Waals surface area contributed by atoms with E-state index in [-0.39, 0.29) is 44.3 Å². The van der Waals surface area contributed by atoms with Crippen LogP contribution in [0, 0.1) is 20.8 Å². The summed E-state index contributed by atoms with van der Waals surface area (Å²) in [6.07, 6.45) is 0. The van der Waals surface area contributed by atoms with E-state index in [1.807, 2.05) is 144 Å². The van der Waals surface area contributed by atoms with Gasteiger partial charge in [-0.05, 0) is 104 Å². The van der Waals surface area contributed by atoms with E-state index in [2.05, 4.69) is 10.6 Å². The summed E-state index contributed by atoms with van der Waals surface area (Å²) in [6, 6.07) is 35.1. The third kappa shape index (κ3) is 14.8. The molecule has 328 valence electrons. The van der Waals surface area contributed by atoms with Crippen LogP contribution in [0.2, 0.25) is 0 Å². The summed E-state index contributed by atoms with van der Waals surface area (Å²) in [5.41, 5.74) is 7.37. The zero-order valence-electron chi connectivity index (χ0n) is 36.1. The van der Waals surface area contributed by atoms with Gasteiger partial charge in [0.2, 0.25) is 11.8 Å². The van der Waals surface area contributed by atoms with Gasteiger partial charge < -0.3 is 40.2 Å². The van der Waals surface area contributed by atoms with Crippen molar-refractivity contribution >= 4 is 17.8 Å². The number of carbonyl (C=O) groups is 3. The number of nitrogens with one attached hydrogen (secondary N) is 2. The molecule has 11 heteroatoms. The Hall–Kier alpha value is -6.17. The van der Waals surface area contributed by atoms with E-state index in [1.54, 1.807) is 34.3 Å². The van der Waals surface area contributed by atoms with Crippen molar-refractivity contribution in [2.24, 2.45) is 0 Å². The van der Waals surface area contributed by atoms with Crippen LogP contribution in [0.1, 0.15) is 103 Å². The van der Waals surface area contributed by atoms with Gasteiger partial charge >= 0.3 is 5.97 Å². The molecular formula is C50H64N2O9. The summed E-state index contributed by atoms with van der Waals surface area (Å²) < 4.78 is 15.8. The third-order valence-corrected chi connectivity index (χ3v) is 10.4. The Bertz CT molecular complexity index is 2010. The number of carbonyl (C=O) groups excluding carboxylic acids is 2. The van der Waals surface area contributed by atoms with Crippen molar-refractivity contribution in [2.75, 3.05) is 34.5 Å². The third-order valence-electron chi connectivity index (χ3n) is 10.4. The highest BCUT2D eigenvalue weighted by Crippen LogP contribution is 2.27. The molecule has 0 aromatic heterocycles. The smallest absolute Gasteiger partial charge is 0.310 e. The molecule has 0 spiro atoms. The second-order valence-electron chi connectivity index (χ2n) is 14.5. The van der Waals surface area contributed by atoms with Crippen LogP contribution in [0.5, 0.6) is 17.2 Å². The first-order valence-electron chi connectivity index (χ1n) is 19.8. The largest absolute Gasteiger partial charge is 0.496 e. The fraction of sp³-hybridized carbons (Fsp3) is 0.340. The number of hydrogen-bond donors (Lipinski definition) is 5. The van der Waals surface area contributed by atoms with Crippen molar-refractivity contribution in [3.05, 3.63) is 160 Å². The highest BCUT2D eigenvalue weighted by Gasteiger charge is 2.22. The number of ether oxygens (including phenoxy) is 3. The molecule has 0 aliphatic heterocycles. The number of aliphatic carboxylic acids is 1. The zero-order valence-corrected chi connectivity index (χ0v) is 36.1. The topological polar surface area (TPSA) is 164 Å². The summed E-state index contributed by atoms with van der Waals surface area (Å²) in [5, 5.41) is 33.8. The maximum Gasteiger partial charge on any atom is 0.310 e. The van der Waals surface area contributed by atoms with Gasteiger partial charge in [0.1, 0.15) is 17.2 Å². The average Bonchev–Trinajstić information content (AvgIpc) is 3.27. The molecule has 2 amide bonds. The van der Waals surface area contributed by atoms with Crippen LogP contribution in [-0.4, -0.2) is 67.6 Å². The Kier molecular flexibility index (Phi) is 21.3. The molecule has 0 aliphatic rings.